The molecule has 140 valence electrons. The van der Waals surface area contributed by atoms with Crippen LogP contribution in [0.15, 0.2) is 48.5 Å². The van der Waals surface area contributed by atoms with Gasteiger partial charge in [0.2, 0.25) is 5.95 Å². The monoisotopic (exact) mass is 393 g/mol. The molecule has 0 aliphatic carbocycles. The molecule has 28 heavy (non-hydrogen) atoms. The Balaban J connectivity index is 1.88. The number of esters is 1. The van der Waals surface area contributed by atoms with Crippen molar-refractivity contribution in [3.05, 3.63) is 70.4 Å². The van der Waals surface area contributed by atoms with Crippen LogP contribution in [0.3, 0.4) is 0 Å². The fourth-order valence-corrected chi connectivity index (χ4v) is 2.65. The van der Waals surface area contributed by atoms with E-state index in [9.17, 15) is 4.79 Å². The maximum absolute atomic E-state index is 11.7. The average Bonchev–Trinajstić information content (AvgIpc) is 2.68. The van der Waals surface area contributed by atoms with E-state index in [4.69, 9.17) is 21.6 Å². The number of methoxy groups -OCH3 is 1. The van der Waals surface area contributed by atoms with Gasteiger partial charge in [-0.05, 0) is 43.3 Å². The van der Waals surface area contributed by atoms with Crippen molar-refractivity contribution in [1.29, 1.82) is 5.26 Å². The summed E-state index contributed by atoms with van der Waals surface area (Å²) in [5.41, 5.74) is 2.83. The topological polar surface area (TPSA) is 99.9 Å². The summed E-state index contributed by atoms with van der Waals surface area (Å²) in [6, 6.07) is 15.6. The Bertz CT molecular complexity index is 1080. The van der Waals surface area contributed by atoms with Crippen LogP contribution in [0.5, 0.6) is 0 Å². The zero-order chi connectivity index (χ0) is 20.1. The number of carbonyl (C=O) groups excluding carboxylic acids is 1. The first-order chi connectivity index (χ1) is 13.5. The molecule has 0 spiro atoms. The number of ether oxygens (including phenoxy) is 1. The van der Waals surface area contributed by atoms with Crippen LogP contribution in [0.2, 0.25) is 5.02 Å². The van der Waals surface area contributed by atoms with E-state index in [-0.39, 0.29) is 0 Å². The van der Waals surface area contributed by atoms with Crippen molar-refractivity contribution in [2.75, 3.05) is 17.7 Å². The van der Waals surface area contributed by atoms with Crippen molar-refractivity contribution in [1.82, 2.24) is 9.97 Å². The van der Waals surface area contributed by atoms with Gasteiger partial charge >= 0.3 is 5.97 Å². The summed E-state index contributed by atoms with van der Waals surface area (Å²) in [4.78, 5) is 20.5. The first kappa shape index (κ1) is 19.1. The van der Waals surface area contributed by atoms with Crippen LogP contribution in [0.1, 0.15) is 21.6 Å². The number of nitrogens with zero attached hydrogens (tertiary/aromatic N) is 3. The number of carbonyl (C=O) groups is 1. The highest BCUT2D eigenvalue weighted by molar-refractivity contribution is 6.33. The SMILES string of the molecule is COC(=O)c1ccc(Cl)c(Nc2cc(C)nc(Nc3cccc(C#N)c3)n2)c1. The maximum Gasteiger partial charge on any atom is 0.337 e. The molecule has 2 aromatic carbocycles. The second kappa shape index (κ2) is 8.37. The first-order valence-corrected chi connectivity index (χ1v) is 8.64. The normalized spacial score (nSPS) is 10.1. The molecule has 7 nitrogen and oxygen atoms in total. The van der Waals surface area contributed by atoms with Gasteiger partial charge in [0, 0.05) is 17.4 Å². The summed E-state index contributed by atoms with van der Waals surface area (Å²) in [6.45, 7) is 1.83. The highest BCUT2D eigenvalue weighted by Crippen LogP contribution is 2.27. The molecule has 0 saturated heterocycles. The molecule has 0 aliphatic rings. The second-order valence-electron chi connectivity index (χ2n) is 5.85. The van der Waals surface area contributed by atoms with E-state index < -0.39 is 5.97 Å². The second-order valence-corrected chi connectivity index (χ2v) is 6.25. The summed E-state index contributed by atoms with van der Waals surface area (Å²) in [5.74, 6) is 0.395. The number of aromatic nitrogens is 2. The van der Waals surface area contributed by atoms with Crippen LogP contribution in [-0.4, -0.2) is 23.0 Å². The lowest BCUT2D eigenvalue weighted by molar-refractivity contribution is 0.0601. The molecule has 2 N–H and O–H groups in total. The molecule has 1 aromatic heterocycles. The van der Waals surface area contributed by atoms with Crippen LogP contribution < -0.4 is 10.6 Å². The van der Waals surface area contributed by atoms with E-state index in [0.29, 0.717) is 39.3 Å². The number of aryl methyl sites for hydroxylation is 1. The van der Waals surface area contributed by atoms with E-state index >= 15 is 0 Å². The minimum Gasteiger partial charge on any atom is -0.465 e. The summed E-state index contributed by atoms with van der Waals surface area (Å²) in [5, 5.41) is 15.6. The number of rotatable bonds is 5. The molecule has 0 bridgehead atoms. The van der Waals surface area contributed by atoms with Crippen LogP contribution >= 0.6 is 11.6 Å². The van der Waals surface area contributed by atoms with Crippen LogP contribution in [0.4, 0.5) is 23.1 Å². The molecule has 0 unspecified atom stereocenters. The molecule has 3 aromatic rings. The van der Waals surface area contributed by atoms with Gasteiger partial charge in [-0.2, -0.15) is 10.2 Å². The number of hydrogen-bond donors (Lipinski definition) is 2. The van der Waals surface area contributed by atoms with Crippen molar-refractivity contribution in [3.8, 4) is 6.07 Å². The highest BCUT2D eigenvalue weighted by Gasteiger charge is 2.11. The van der Waals surface area contributed by atoms with Crippen LogP contribution in [-0.2, 0) is 4.74 Å². The third kappa shape index (κ3) is 4.55. The van der Waals surface area contributed by atoms with Gasteiger partial charge in [-0.1, -0.05) is 17.7 Å². The zero-order valence-electron chi connectivity index (χ0n) is 15.2. The molecule has 0 radical (unpaired) electrons. The van der Waals surface area contributed by atoms with Crippen molar-refractivity contribution in [3.63, 3.8) is 0 Å². The number of anilines is 4. The van der Waals surface area contributed by atoms with Gasteiger partial charge in [-0.3, -0.25) is 0 Å². The van der Waals surface area contributed by atoms with E-state index in [1.807, 2.05) is 13.0 Å². The van der Waals surface area contributed by atoms with Crippen molar-refractivity contribution in [2.24, 2.45) is 0 Å². The minimum atomic E-state index is -0.460. The van der Waals surface area contributed by atoms with E-state index in [1.54, 1.807) is 42.5 Å². The largest absolute Gasteiger partial charge is 0.465 e. The Kier molecular flexibility index (Phi) is 5.72. The predicted octanol–water partition coefficient (Wildman–Crippen LogP) is 4.58. The molecule has 0 aliphatic heterocycles. The molecule has 0 amide bonds. The lowest BCUT2D eigenvalue weighted by Gasteiger charge is -2.12. The summed E-state index contributed by atoms with van der Waals surface area (Å²) < 4.78 is 4.74. The fraction of sp³-hybridized carbons (Fsp3) is 0.100. The van der Waals surface area contributed by atoms with Gasteiger partial charge in [0.25, 0.3) is 0 Å². The Morgan fingerprint density at radius 1 is 1.14 bits per heavy atom. The number of halogens is 1. The molecule has 0 atom stereocenters. The molecule has 0 fully saturated rings. The third-order valence-electron chi connectivity index (χ3n) is 3.75. The summed E-state index contributed by atoms with van der Waals surface area (Å²) in [6.07, 6.45) is 0. The van der Waals surface area contributed by atoms with Crippen molar-refractivity contribution < 1.29 is 9.53 Å². The number of benzene rings is 2. The Morgan fingerprint density at radius 2 is 1.96 bits per heavy atom. The minimum absolute atomic E-state index is 0.359. The van der Waals surface area contributed by atoms with E-state index in [0.717, 1.165) is 5.69 Å². The number of nitriles is 1. The van der Waals surface area contributed by atoms with Gasteiger partial charge in [-0.15, -0.1) is 0 Å². The van der Waals surface area contributed by atoms with Crippen molar-refractivity contribution in [2.45, 2.75) is 6.92 Å². The Hall–Kier alpha value is -3.63. The fourth-order valence-electron chi connectivity index (χ4n) is 2.49. The smallest absolute Gasteiger partial charge is 0.337 e. The van der Waals surface area contributed by atoms with Crippen LogP contribution in [0.25, 0.3) is 0 Å². The Labute approximate surface area is 167 Å². The predicted molar refractivity (Wildman–Crippen MR) is 107 cm³/mol. The Morgan fingerprint density at radius 3 is 2.71 bits per heavy atom. The lowest BCUT2D eigenvalue weighted by atomic mass is 10.2. The molecule has 3 rings (SSSR count). The van der Waals surface area contributed by atoms with E-state index in [1.165, 1.54) is 7.11 Å². The van der Waals surface area contributed by atoms with Gasteiger partial charge in [0.1, 0.15) is 5.82 Å². The van der Waals surface area contributed by atoms with Gasteiger partial charge in [0.05, 0.1) is 35.0 Å². The molecule has 8 heteroatoms. The molecule has 1 heterocycles. The first-order valence-electron chi connectivity index (χ1n) is 8.26. The maximum atomic E-state index is 11.7. The molecular formula is C20H16ClN5O2. The van der Waals surface area contributed by atoms with Crippen LogP contribution in [0, 0.1) is 18.3 Å². The number of nitrogens with one attached hydrogen (secondary N) is 2. The number of hydrogen-bond acceptors (Lipinski definition) is 7. The van der Waals surface area contributed by atoms with E-state index in [2.05, 4.69) is 26.7 Å². The summed E-state index contributed by atoms with van der Waals surface area (Å²) in [7, 11) is 1.32. The van der Waals surface area contributed by atoms with Crippen molar-refractivity contribution >= 4 is 40.7 Å². The zero-order valence-corrected chi connectivity index (χ0v) is 15.9. The average molecular weight is 394 g/mol. The standard InChI is InChI=1S/C20H16ClN5O2/c1-12-8-18(25-17-10-14(19(27)28-2)6-7-16(17)21)26-20(23-12)24-15-5-3-4-13(9-15)11-22/h3-10H,1-2H3,(H2,23,24,25,26). The third-order valence-corrected chi connectivity index (χ3v) is 4.08. The summed E-state index contributed by atoms with van der Waals surface area (Å²) >= 11 is 6.23. The highest BCUT2D eigenvalue weighted by atomic mass is 35.5. The molecule has 0 saturated carbocycles. The molecular weight excluding hydrogens is 378 g/mol. The lowest BCUT2D eigenvalue weighted by Crippen LogP contribution is -2.05. The van der Waals surface area contributed by atoms with Gasteiger partial charge in [-0.25, -0.2) is 9.78 Å². The van der Waals surface area contributed by atoms with Gasteiger partial charge < -0.3 is 15.4 Å². The quantitative estimate of drug-likeness (QED) is 0.611. The van der Waals surface area contributed by atoms with Gasteiger partial charge in [0.15, 0.2) is 0 Å².